The fourth-order valence-electron chi connectivity index (χ4n) is 4.07. The van der Waals surface area contributed by atoms with E-state index in [2.05, 4.69) is 24.6 Å². The number of halogens is 2. The molecule has 2 aromatic heterocycles. The van der Waals surface area contributed by atoms with E-state index < -0.39 is 15.8 Å². The molecule has 3 heterocycles. The van der Waals surface area contributed by atoms with Gasteiger partial charge in [-0.1, -0.05) is 23.7 Å². The molecule has 2 aromatic carbocycles. The maximum Gasteiger partial charge on any atom is 0.240 e. The molecule has 10 heteroatoms. The van der Waals surface area contributed by atoms with Gasteiger partial charge in [-0.3, -0.25) is 0 Å². The molecule has 0 atom stereocenters. The number of benzene rings is 2. The summed E-state index contributed by atoms with van der Waals surface area (Å²) in [7, 11) is -3.70. The summed E-state index contributed by atoms with van der Waals surface area (Å²) in [6.07, 6.45) is 2.78. The zero-order valence-corrected chi connectivity index (χ0v) is 19.1. The van der Waals surface area contributed by atoms with Crippen molar-refractivity contribution in [2.75, 3.05) is 18.0 Å². The van der Waals surface area contributed by atoms with E-state index in [1.165, 1.54) is 18.5 Å². The minimum absolute atomic E-state index is 0.0610. The maximum absolute atomic E-state index is 13.1. The number of fused-ring (bicyclic) bond motifs is 1. The third kappa shape index (κ3) is 4.57. The van der Waals surface area contributed by atoms with Crippen molar-refractivity contribution in [2.45, 2.75) is 23.8 Å². The zero-order chi connectivity index (χ0) is 23.0. The van der Waals surface area contributed by atoms with Crippen LogP contribution in [0.5, 0.6) is 0 Å². The number of nitrogens with one attached hydrogen (secondary N) is 2. The van der Waals surface area contributed by atoms with E-state index in [0.717, 1.165) is 40.2 Å². The minimum atomic E-state index is -3.70. The van der Waals surface area contributed by atoms with Gasteiger partial charge in [-0.15, -0.1) is 0 Å². The highest BCUT2D eigenvalue weighted by molar-refractivity contribution is 7.89. The van der Waals surface area contributed by atoms with Crippen molar-refractivity contribution in [1.82, 2.24) is 19.7 Å². The molecule has 1 saturated heterocycles. The molecule has 0 radical (unpaired) electrons. The molecule has 0 bridgehead atoms. The lowest BCUT2D eigenvalue weighted by molar-refractivity contribution is 0.459. The van der Waals surface area contributed by atoms with Crippen LogP contribution in [0.3, 0.4) is 0 Å². The van der Waals surface area contributed by atoms with E-state index in [1.54, 1.807) is 0 Å². The summed E-state index contributed by atoms with van der Waals surface area (Å²) in [6.45, 7) is 1.29. The van der Waals surface area contributed by atoms with Crippen LogP contribution < -0.4 is 9.62 Å². The largest absolute Gasteiger partial charge is 0.356 e. The summed E-state index contributed by atoms with van der Waals surface area (Å²) in [6, 6.07) is 14.2. The molecule has 1 aliphatic rings. The maximum atomic E-state index is 13.1. The fraction of sp³-hybridized carbons (Fsp3) is 0.217. The molecule has 0 saturated carbocycles. The van der Waals surface area contributed by atoms with Gasteiger partial charge in [0.1, 0.15) is 23.6 Å². The fourth-order valence-corrected chi connectivity index (χ4v) is 5.51. The van der Waals surface area contributed by atoms with Crippen LogP contribution in [0, 0.1) is 5.82 Å². The molecule has 1 fully saturated rings. The van der Waals surface area contributed by atoms with E-state index in [4.69, 9.17) is 11.6 Å². The molecular weight excluding hydrogens is 465 g/mol. The number of aromatic amines is 1. The van der Waals surface area contributed by atoms with Crippen LogP contribution in [0.15, 0.2) is 65.8 Å². The van der Waals surface area contributed by atoms with Crippen LogP contribution in [-0.4, -0.2) is 42.5 Å². The molecule has 170 valence electrons. The Kier molecular flexibility index (Phi) is 5.77. The van der Waals surface area contributed by atoms with Gasteiger partial charge in [-0.05, 0) is 60.9 Å². The van der Waals surface area contributed by atoms with Gasteiger partial charge in [0.2, 0.25) is 10.0 Å². The van der Waals surface area contributed by atoms with Gasteiger partial charge in [0, 0.05) is 29.8 Å². The Labute approximate surface area is 195 Å². The predicted octanol–water partition coefficient (Wildman–Crippen LogP) is 4.36. The first kappa shape index (κ1) is 21.8. The SMILES string of the molecule is O=S(=O)(NC1CCN(c2ncnc3[nH]c(-c4ccc(Cl)cc4)cc23)CC1)c1ccc(F)cc1. The van der Waals surface area contributed by atoms with E-state index >= 15 is 0 Å². The van der Waals surface area contributed by atoms with Crippen LogP contribution in [0.2, 0.25) is 5.02 Å². The number of hydrogen-bond donors (Lipinski definition) is 2. The second kappa shape index (κ2) is 8.74. The summed E-state index contributed by atoms with van der Waals surface area (Å²) in [4.78, 5) is 14.4. The van der Waals surface area contributed by atoms with Gasteiger partial charge in [0.25, 0.3) is 0 Å². The molecule has 7 nitrogen and oxygen atoms in total. The normalized spacial score (nSPS) is 15.3. The second-order valence-corrected chi connectivity index (χ2v) is 10.1. The van der Waals surface area contributed by atoms with Crippen molar-refractivity contribution in [3.05, 3.63) is 71.8 Å². The first-order chi connectivity index (χ1) is 15.9. The van der Waals surface area contributed by atoms with Gasteiger partial charge >= 0.3 is 0 Å². The molecule has 0 aliphatic carbocycles. The molecule has 0 spiro atoms. The molecule has 33 heavy (non-hydrogen) atoms. The Bertz CT molecular complexity index is 1380. The van der Waals surface area contributed by atoms with E-state index in [1.807, 2.05) is 30.3 Å². The highest BCUT2D eigenvalue weighted by Gasteiger charge is 2.26. The number of rotatable bonds is 5. The Morgan fingerprint density at radius 1 is 1.03 bits per heavy atom. The molecule has 1 aliphatic heterocycles. The van der Waals surface area contributed by atoms with Crippen molar-refractivity contribution in [1.29, 1.82) is 0 Å². The lowest BCUT2D eigenvalue weighted by atomic mass is 10.1. The average molecular weight is 486 g/mol. The number of aromatic nitrogens is 3. The monoisotopic (exact) mass is 485 g/mol. The highest BCUT2D eigenvalue weighted by atomic mass is 35.5. The number of hydrogen-bond acceptors (Lipinski definition) is 5. The number of H-pyrrole nitrogens is 1. The Hall–Kier alpha value is -3.01. The smallest absolute Gasteiger partial charge is 0.240 e. The third-order valence-corrected chi connectivity index (χ3v) is 7.59. The summed E-state index contributed by atoms with van der Waals surface area (Å²) >= 11 is 6.00. The molecule has 5 rings (SSSR count). The number of sulfonamides is 1. The van der Waals surface area contributed by atoms with E-state index in [0.29, 0.717) is 31.0 Å². The molecule has 0 amide bonds. The van der Waals surface area contributed by atoms with Crippen molar-refractivity contribution in [3.63, 3.8) is 0 Å². The summed E-state index contributed by atoms with van der Waals surface area (Å²) in [5.74, 6) is 0.346. The summed E-state index contributed by atoms with van der Waals surface area (Å²) in [5.41, 5.74) is 2.66. The van der Waals surface area contributed by atoms with Crippen LogP contribution in [-0.2, 0) is 10.0 Å². The number of piperidine rings is 1. The van der Waals surface area contributed by atoms with Crippen molar-refractivity contribution in [2.24, 2.45) is 0 Å². The van der Waals surface area contributed by atoms with E-state index in [9.17, 15) is 12.8 Å². The van der Waals surface area contributed by atoms with Crippen LogP contribution in [0.1, 0.15) is 12.8 Å². The van der Waals surface area contributed by atoms with E-state index in [-0.39, 0.29) is 10.9 Å². The first-order valence-corrected chi connectivity index (χ1v) is 12.4. The van der Waals surface area contributed by atoms with Gasteiger partial charge < -0.3 is 9.88 Å². The standard InChI is InChI=1S/C23H21ClFN5O2S/c24-16-3-1-15(2-4-16)21-13-20-22(28-21)26-14-27-23(20)30-11-9-18(10-12-30)29-33(31,32)19-7-5-17(25)6-8-19/h1-8,13-14,18,29H,9-12H2,(H,26,27,28). The summed E-state index contributed by atoms with van der Waals surface area (Å²) < 4.78 is 41.1. The third-order valence-electron chi connectivity index (χ3n) is 5.80. The number of anilines is 1. The van der Waals surface area contributed by atoms with Crippen molar-refractivity contribution in [3.8, 4) is 11.3 Å². The average Bonchev–Trinajstić information content (AvgIpc) is 3.25. The van der Waals surface area contributed by atoms with Crippen LogP contribution in [0.4, 0.5) is 10.2 Å². The Morgan fingerprint density at radius 3 is 2.42 bits per heavy atom. The van der Waals surface area contributed by atoms with Crippen molar-refractivity contribution >= 4 is 38.5 Å². The highest BCUT2D eigenvalue weighted by Crippen LogP contribution is 2.30. The number of nitrogens with zero attached hydrogens (tertiary/aromatic N) is 3. The van der Waals surface area contributed by atoms with Crippen LogP contribution in [0.25, 0.3) is 22.3 Å². The lowest BCUT2D eigenvalue weighted by Crippen LogP contribution is -2.44. The Morgan fingerprint density at radius 2 is 1.73 bits per heavy atom. The summed E-state index contributed by atoms with van der Waals surface area (Å²) in [5, 5.41) is 1.58. The molecule has 0 unspecified atom stereocenters. The van der Waals surface area contributed by atoms with Gasteiger partial charge in [0.05, 0.1) is 10.3 Å². The Balaban J connectivity index is 1.31. The molecular formula is C23H21ClFN5O2S. The predicted molar refractivity (Wildman–Crippen MR) is 126 cm³/mol. The zero-order valence-electron chi connectivity index (χ0n) is 17.5. The minimum Gasteiger partial charge on any atom is -0.356 e. The van der Waals surface area contributed by atoms with Crippen molar-refractivity contribution < 1.29 is 12.8 Å². The van der Waals surface area contributed by atoms with Gasteiger partial charge in [-0.2, -0.15) is 0 Å². The quantitative estimate of drug-likeness (QED) is 0.438. The topological polar surface area (TPSA) is 91.0 Å². The second-order valence-electron chi connectivity index (χ2n) is 7.99. The van der Waals surface area contributed by atoms with Gasteiger partial charge in [0.15, 0.2) is 0 Å². The van der Waals surface area contributed by atoms with Crippen LogP contribution >= 0.6 is 11.6 Å². The molecule has 4 aromatic rings. The lowest BCUT2D eigenvalue weighted by Gasteiger charge is -2.33. The molecule has 2 N–H and O–H groups in total. The first-order valence-electron chi connectivity index (χ1n) is 10.5. The van der Waals surface area contributed by atoms with Gasteiger partial charge in [-0.25, -0.2) is 27.5 Å².